The minimum absolute atomic E-state index is 0.142. The van der Waals surface area contributed by atoms with E-state index in [0.717, 1.165) is 27.4 Å². The fourth-order valence-corrected chi connectivity index (χ4v) is 4.24. The number of alkyl halides is 3. The molecule has 0 aliphatic heterocycles. The van der Waals surface area contributed by atoms with Crippen molar-refractivity contribution in [3.05, 3.63) is 81.6 Å². The van der Waals surface area contributed by atoms with Crippen LogP contribution in [-0.4, -0.2) is 20.8 Å². The van der Waals surface area contributed by atoms with Gasteiger partial charge in [0, 0.05) is 5.02 Å². The van der Waals surface area contributed by atoms with Crippen LogP contribution in [0, 0.1) is 0 Å². The second-order valence-electron chi connectivity index (χ2n) is 7.82. The molecule has 2 N–H and O–H groups in total. The number of nitrogens with one attached hydrogen (secondary N) is 1. The summed E-state index contributed by atoms with van der Waals surface area (Å²) in [4.78, 5) is 12.9. The lowest BCUT2D eigenvalue weighted by atomic mass is 9.92. The summed E-state index contributed by atoms with van der Waals surface area (Å²) >= 11 is 5.99. The Bertz CT molecular complexity index is 1160. The molecule has 2 aromatic carbocycles. The monoisotopic (exact) mass is 463 g/mol. The maximum atomic E-state index is 13.3. The number of hydrogen-bond donors (Lipinski definition) is 2. The molecule has 1 aromatic heterocycles. The first-order chi connectivity index (χ1) is 15.1. The highest BCUT2D eigenvalue weighted by Crippen LogP contribution is 2.36. The number of amides is 1. The Kier molecular flexibility index (Phi) is 6.01. The summed E-state index contributed by atoms with van der Waals surface area (Å²) in [6.45, 7) is 1.60. The molecule has 0 radical (unpaired) electrons. The molecule has 168 valence electrons. The molecular formula is C23H21ClF3N3O2. The van der Waals surface area contributed by atoms with E-state index < -0.39 is 23.9 Å². The van der Waals surface area contributed by atoms with Crippen molar-refractivity contribution in [2.45, 2.75) is 44.5 Å². The normalized spacial score (nSPS) is 16.6. The molecule has 1 amide bonds. The zero-order valence-electron chi connectivity index (χ0n) is 17.2. The van der Waals surface area contributed by atoms with E-state index in [1.54, 1.807) is 31.2 Å². The van der Waals surface area contributed by atoms with Crippen LogP contribution in [0.15, 0.2) is 48.5 Å². The van der Waals surface area contributed by atoms with Crippen LogP contribution in [0.5, 0.6) is 0 Å². The summed E-state index contributed by atoms with van der Waals surface area (Å²) in [5.74, 6) is -0.855. The van der Waals surface area contributed by atoms with E-state index in [1.807, 2.05) is 12.1 Å². The van der Waals surface area contributed by atoms with Crippen LogP contribution in [0.2, 0.25) is 5.02 Å². The number of fused-ring (bicyclic) bond motifs is 1. The Morgan fingerprint density at radius 2 is 2.03 bits per heavy atom. The van der Waals surface area contributed by atoms with Crippen LogP contribution in [0.1, 0.15) is 53.4 Å². The molecule has 0 bridgehead atoms. The van der Waals surface area contributed by atoms with E-state index >= 15 is 0 Å². The molecule has 0 spiro atoms. The smallest absolute Gasteiger partial charge is 0.388 e. The van der Waals surface area contributed by atoms with Gasteiger partial charge >= 0.3 is 6.18 Å². The van der Waals surface area contributed by atoms with Crippen molar-refractivity contribution in [1.82, 2.24) is 15.1 Å². The van der Waals surface area contributed by atoms with E-state index in [1.165, 1.54) is 6.07 Å². The average Bonchev–Trinajstić information content (AvgIpc) is 3.35. The Balaban J connectivity index is 1.57. The van der Waals surface area contributed by atoms with Crippen molar-refractivity contribution in [3.63, 3.8) is 0 Å². The Morgan fingerprint density at radius 3 is 2.75 bits per heavy atom. The van der Waals surface area contributed by atoms with Crippen molar-refractivity contribution < 1.29 is 23.1 Å². The standard InChI is InChI=1S/C23H21ClF3N3O2/c1-13(17-6-3-7-19-18(17)8-9-20(19)31)22(32)28-12-16-11-21(23(25,26)27)29-30(16)15-5-2-4-14(24)10-15/h2-7,10-11,13,20,31H,8-9,12H2,1H3,(H,28,32). The highest BCUT2D eigenvalue weighted by molar-refractivity contribution is 6.30. The van der Waals surface area contributed by atoms with Crippen LogP contribution in [0.25, 0.3) is 5.69 Å². The number of aliphatic hydroxyl groups excluding tert-OH is 1. The predicted molar refractivity (Wildman–Crippen MR) is 114 cm³/mol. The molecule has 0 fully saturated rings. The summed E-state index contributed by atoms with van der Waals surface area (Å²) in [6.07, 6.45) is -3.87. The number of nitrogens with zero attached hydrogens (tertiary/aromatic N) is 2. The number of aromatic nitrogens is 2. The Hall–Kier alpha value is -2.84. The first kappa shape index (κ1) is 22.4. The van der Waals surface area contributed by atoms with Crippen LogP contribution < -0.4 is 5.32 Å². The summed E-state index contributed by atoms with van der Waals surface area (Å²) < 4.78 is 41.0. The molecule has 0 saturated carbocycles. The number of hydrogen-bond acceptors (Lipinski definition) is 3. The van der Waals surface area contributed by atoms with Gasteiger partial charge in [-0.1, -0.05) is 35.9 Å². The average molecular weight is 464 g/mol. The third kappa shape index (κ3) is 4.38. The van der Waals surface area contributed by atoms with Gasteiger partial charge in [0.1, 0.15) is 0 Å². The fraction of sp³-hybridized carbons (Fsp3) is 0.304. The zero-order valence-corrected chi connectivity index (χ0v) is 17.9. The van der Waals surface area contributed by atoms with Gasteiger partial charge in [0.2, 0.25) is 5.91 Å². The molecule has 1 heterocycles. The van der Waals surface area contributed by atoms with Crippen molar-refractivity contribution in [1.29, 1.82) is 0 Å². The maximum Gasteiger partial charge on any atom is 0.435 e. The number of rotatable bonds is 5. The first-order valence-corrected chi connectivity index (χ1v) is 10.5. The molecule has 4 rings (SSSR count). The number of halogens is 4. The van der Waals surface area contributed by atoms with Crippen LogP contribution in [0.3, 0.4) is 0 Å². The number of carbonyl (C=O) groups excluding carboxylic acids is 1. The molecule has 3 aromatic rings. The van der Waals surface area contributed by atoms with Crippen LogP contribution >= 0.6 is 11.6 Å². The van der Waals surface area contributed by atoms with E-state index in [2.05, 4.69) is 10.4 Å². The van der Waals surface area contributed by atoms with Gasteiger partial charge in [-0.2, -0.15) is 18.3 Å². The van der Waals surface area contributed by atoms with Crippen LogP contribution in [-0.2, 0) is 23.9 Å². The third-order valence-corrected chi connectivity index (χ3v) is 5.94. The quantitative estimate of drug-likeness (QED) is 0.563. The first-order valence-electron chi connectivity index (χ1n) is 10.1. The van der Waals surface area contributed by atoms with Crippen molar-refractivity contribution in [2.24, 2.45) is 0 Å². The summed E-state index contributed by atoms with van der Waals surface area (Å²) in [5, 5.41) is 16.9. The highest BCUT2D eigenvalue weighted by Gasteiger charge is 2.35. The van der Waals surface area contributed by atoms with Gasteiger partial charge in [-0.3, -0.25) is 4.79 Å². The third-order valence-electron chi connectivity index (χ3n) is 5.71. The molecule has 0 saturated heterocycles. The van der Waals surface area contributed by atoms with Gasteiger partial charge in [-0.05, 0) is 60.7 Å². The topological polar surface area (TPSA) is 67.2 Å². The molecule has 1 aliphatic rings. The number of benzene rings is 2. The minimum atomic E-state index is -4.62. The summed E-state index contributed by atoms with van der Waals surface area (Å²) in [5.41, 5.74) is 2.09. The zero-order chi connectivity index (χ0) is 23.0. The fourth-order valence-electron chi connectivity index (χ4n) is 4.05. The van der Waals surface area contributed by atoms with Crippen molar-refractivity contribution in [2.75, 3.05) is 0 Å². The number of aliphatic hydroxyl groups is 1. The molecule has 2 unspecified atom stereocenters. The summed E-state index contributed by atoms with van der Waals surface area (Å²) in [6, 6.07) is 12.7. The predicted octanol–water partition coefficient (Wildman–Crippen LogP) is 4.94. The molecule has 9 heteroatoms. The van der Waals surface area contributed by atoms with Crippen molar-refractivity contribution in [3.8, 4) is 5.69 Å². The summed E-state index contributed by atoms with van der Waals surface area (Å²) in [7, 11) is 0. The second-order valence-corrected chi connectivity index (χ2v) is 8.26. The maximum absolute atomic E-state index is 13.3. The molecule has 32 heavy (non-hydrogen) atoms. The van der Waals surface area contributed by atoms with E-state index in [-0.39, 0.29) is 18.1 Å². The highest BCUT2D eigenvalue weighted by atomic mass is 35.5. The lowest BCUT2D eigenvalue weighted by Crippen LogP contribution is -2.29. The largest absolute Gasteiger partial charge is 0.435 e. The Morgan fingerprint density at radius 1 is 1.28 bits per heavy atom. The van der Waals surface area contributed by atoms with Gasteiger partial charge in [-0.15, -0.1) is 0 Å². The van der Waals surface area contributed by atoms with Gasteiger partial charge in [-0.25, -0.2) is 4.68 Å². The van der Waals surface area contributed by atoms with Gasteiger partial charge in [0.15, 0.2) is 5.69 Å². The van der Waals surface area contributed by atoms with Gasteiger partial charge < -0.3 is 10.4 Å². The number of carbonyl (C=O) groups is 1. The van der Waals surface area contributed by atoms with Gasteiger partial charge in [0.25, 0.3) is 0 Å². The molecule has 1 aliphatic carbocycles. The van der Waals surface area contributed by atoms with E-state index in [4.69, 9.17) is 11.6 Å². The minimum Gasteiger partial charge on any atom is -0.388 e. The second kappa shape index (κ2) is 8.60. The van der Waals surface area contributed by atoms with E-state index in [0.29, 0.717) is 23.6 Å². The van der Waals surface area contributed by atoms with E-state index in [9.17, 15) is 23.1 Å². The lowest BCUT2D eigenvalue weighted by molar-refractivity contribution is -0.141. The molecular weight excluding hydrogens is 443 g/mol. The van der Waals surface area contributed by atoms with Crippen molar-refractivity contribution >= 4 is 17.5 Å². The van der Waals surface area contributed by atoms with Gasteiger partial charge in [0.05, 0.1) is 29.9 Å². The molecule has 5 nitrogen and oxygen atoms in total. The Labute approximate surface area is 187 Å². The molecule has 2 atom stereocenters. The SMILES string of the molecule is CC(C(=O)NCc1cc(C(F)(F)F)nn1-c1cccc(Cl)c1)c1cccc2c1CCC2O. The lowest BCUT2D eigenvalue weighted by Gasteiger charge is -2.17. The van der Waals surface area contributed by atoms with Crippen LogP contribution in [0.4, 0.5) is 13.2 Å².